The first-order chi connectivity index (χ1) is 14.4. The van der Waals surface area contributed by atoms with Crippen LogP contribution in [-0.4, -0.2) is 65.7 Å². The van der Waals surface area contributed by atoms with Crippen LogP contribution in [0, 0.1) is 0 Å². The van der Waals surface area contributed by atoms with Gasteiger partial charge < -0.3 is 29.5 Å². The second-order valence-corrected chi connectivity index (χ2v) is 7.46. The zero-order chi connectivity index (χ0) is 21.4. The highest BCUT2D eigenvalue weighted by molar-refractivity contribution is 6.46. The van der Waals surface area contributed by atoms with Gasteiger partial charge in [0.25, 0.3) is 11.7 Å². The summed E-state index contributed by atoms with van der Waals surface area (Å²) < 4.78 is 10.7. The summed E-state index contributed by atoms with van der Waals surface area (Å²) in [6, 6.07) is 10.3. The molecule has 8 nitrogen and oxygen atoms in total. The van der Waals surface area contributed by atoms with Crippen LogP contribution in [0.25, 0.3) is 5.76 Å². The Labute approximate surface area is 173 Å². The number of aliphatic hydroxyl groups is 1. The molecule has 30 heavy (non-hydrogen) atoms. The number of benzene rings is 2. The summed E-state index contributed by atoms with van der Waals surface area (Å²) in [5, 5.41) is 20.7. The van der Waals surface area contributed by atoms with Crippen molar-refractivity contribution in [2.24, 2.45) is 0 Å². The maximum absolute atomic E-state index is 12.9. The van der Waals surface area contributed by atoms with Gasteiger partial charge in [-0.1, -0.05) is 12.1 Å². The molecule has 0 bridgehead atoms. The van der Waals surface area contributed by atoms with Crippen LogP contribution in [0.15, 0.2) is 48.0 Å². The molecule has 4 rings (SSSR count). The highest BCUT2D eigenvalue weighted by Gasteiger charge is 2.46. The Balaban J connectivity index is 1.82. The first-order valence-electron chi connectivity index (χ1n) is 9.49. The minimum Gasteiger partial charge on any atom is -0.508 e. The Bertz CT molecular complexity index is 1030. The molecular formula is C22H22N2O6. The van der Waals surface area contributed by atoms with E-state index in [0.29, 0.717) is 35.7 Å². The molecule has 2 aromatic carbocycles. The van der Waals surface area contributed by atoms with Crippen molar-refractivity contribution >= 4 is 17.4 Å². The Morgan fingerprint density at radius 2 is 1.80 bits per heavy atom. The van der Waals surface area contributed by atoms with E-state index in [1.807, 2.05) is 19.0 Å². The van der Waals surface area contributed by atoms with Crippen LogP contribution in [0.3, 0.4) is 0 Å². The first-order valence-corrected chi connectivity index (χ1v) is 9.49. The van der Waals surface area contributed by atoms with Crippen LogP contribution in [-0.2, 0) is 9.59 Å². The van der Waals surface area contributed by atoms with E-state index in [4.69, 9.17) is 9.47 Å². The fourth-order valence-electron chi connectivity index (χ4n) is 3.62. The largest absolute Gasteiger partial charge is 0.508 e. The van der Waals surface area contributed by atoms with Gasteiger partial charge in [0.15, 0.2) is 11.5 Å². The van der Waals surface area contributed by atoms with Crippen molar-refractivity contribution in [2.45, 2.75) is 6.04 Å². The monoisotopic (exact) mass is 410 g/mol. The molecule has 0 aromatic heterocycles. The molecule has 1 saturated heterocycles. The van der Waals surface area contributed by atoms with Crippen LogP contribution < -0.4 is 9.47 Å². The average molecular weight is 410 g/mol. The Kier molecular flexibility index (Phi) is 5.09. The molecule has 156 valence electrons. The lowest BCUT2D eigenvalue weighted by Crippen LogP contribution is -2.35. The minimum atomic E-state index is -0.768. The fraction of sp³-hybridized carbons (Fsp3) is 0.273. The van der Waals surface area contributed by atoms with Gasteiger partial charge in [-0.25, -0.2) is 0 Å². The smallest absolute Gasteiger partial charge is 0.295 e. The van der Waals surface area contributed by atoms with Crippen LogP contribution in [0.2, 0.25) is 0 Å². The lowest BCUT2D eigenvalue weighted by molar-refractivity contribution is -0.140. The van der Waals surface area contributed by atoms with E-state index in [2.05, 4.69) is 0 Å². The van der Waals surface area contributed by atoms with Crippen LogP contribution in [0.1, 0.15) is 17.2 Å². The van der Waals surface area contributed by atoms with Crippen molar-refractivity contribution in [3.63, 3.8) is 0 Å². The van der Waals surface area contributed by atoms with E-state index in [9.17, 15) is 19.8 Å². The number of phenolic OH excluding ortho intramolecular Hbond substituents is 1. The third-order valence-corrected chi connectivity index (χ3v) is 5.18. The highest BCUT2D eigenvalue weighted by atomic mass is 16.7. The molecule has 1 atom stereocenters. The Morgan fingerprint density at radius 3 is 2.50 bits per heavy atom. The summed E-state index contributed by atoms with van der Waals surface area (Å²) in [4.78, 5) is 29.1. The van der Waals surface area contributed by atoms with E-state index >= 15 is 0 Å². The topological polar surface area (TPSA) is 99.5 Å². The Hall–Kier alpha value is -3.52. The van der Waals surface area contributed by atoms with Gasteiger partial charge in [0.1, 0.15) is 11.5 Å². The number of nitrogens with zero attached hydrogens (tertiary/aromatic N) is 2. The number of ketones is 1. The number of ether oxygens (including phenoxy) is 2. The van der Waals surface area contributed by atoms with Crippen molar-refractivity contribution in [1.82, 2.24) is 9.80 Å². The number of hydrogen-bond donors (Lipinski definition) is 2. The molecule has 8 heteroatoms. The van der Waals surface area contributed by atoms with E-state index in [1.54, 1.807) is 30.3 Å². The lowest BCUT2D eigenvalue weighted by Gasteiger charge is -2.26. The van der Waals surface area contributed by atoms with E-state index < -0.39 is 17.7 Å². The zero-order valence-corrected chi connectivity index (χ0v) is 16.7. The number of likely N-dealkylation sites (N-methyl/N-ethyl adjacent to an activating group) is 1. The predicted molar refractivity (Wildman–Crippen MR) is 108 cm³/mol. The van der Waals surface area contributed by atoms with E-state index in [0.717, 1.165) is 0 Å². The number of fused-ring (bicyclic) bond motifs is 1. The number of aromatic hydroxyl groups is 1. The van der Waals surface area contributed by atoms with Crippen molar-refractivity contribution in [2.75, 3.05) is 34.0 Å². The maximum atomic E-state index is 12.9. The van der Waals surface area contributed by atoms with Gasteiger partial charge in [0, 0.05) is 18.7 Å². The molecule has 2 aliphatic heterocycles. The molecule has 2 aromatic rings. The summed E-state index contributed by atoms with van der Waals surface area (Å²) in [5.74, 6) is -0.619. The van der Waals surface area contributed by atoms with Gasteiger partial charge in [-0.3, -0.25) is 9.59 Å². The molecule has 2 aliphatic rings. The van der Waals surface area contributed by atoms with Gasteiger partial charge in [-0.2, -0.15) is 0 Å². The number of aliphatic hydroxyl groups excluding tert-OH is 1. The third kappa shape index (κ3) is 3.46. The Morgan fingerprint density at radius 1 is 1.10 bits per heavy atom. The van der Waals surface area contributed by atoms with Gasteiger partial charge >= 0.3 is 0 Å². The summed E-state index contributed by atoms with van der Waals surface area (Å²) in [5.41, 5.74) is 0.977. The first kappa shape index (κ1) is 19.8. The highest BCUT2D eigenvalue weighted by Crippen LogP contribution is 2.41. The van der Waals surface area contributed by atoms with E-state index in [1.165, 1.54) is 17.0 Å². The number of rotatable bonds is 5. The molecule has 0 radical (unpaired) electrons. The molecule has 2 N–H and O–H groups in total. The normalized spacial score (nSPS) is 19.7. The summed E-state index contributed by atoms with van der Waals surface area (Å²) >= 11 is 0. The molecule has 0 saturated carbocycles. The molecule has 1 unspecified atom stereocenters. The van der Waals surface area contributed by atoms with Crippen molar-refractivity contribution in [1.29, 1.82) is 0 Å². The van der Waals surface area contributed by atoms with Gasteiger partial charge in [-0.15, -0.1) is 0 Å². The molecule has 0 aliphatic carbocycles. The number of phenols is 1. The zero-order valence-electron chi connectivity index (χ0n) is 16.7. The number of hydrogen-bond acceptors (Lipinski definition) is 7. The fourth-order valence-corrected chi connectivity index (χ4v) is 3.62. The van der Waals surface area contributed by atoms with Crippen molar-refractivity contribution < 1.29 is 29.3 Å². The second kappa shape index (κ2) is 7.72. The van der Waals surface area contributed by atoms with Crippen LogP contribution in [0.5, 0.6) is 17.2 Å². The summed E-state index contributed by atoms with van der Waals surface area (Å²) in [7, 11) is 3.75. The molecule has 1 amide bonds. The summed E-state index contributed by atoms with van der Waals surface area (Å²) in [6.45, 7) is 0.939. The number of carbonyl (C=O) groups is 2. The summed E-state index contributed by atoms with van der Waals surface area (Å²) in [6.07, 6.45) is 0. The number of carbonyl (C=O) groups excluding carboxylic acids is 2. The number of likely N-dealkylation sites (tertiary alicyclic amines) is 1. The minimum absolute atomic E-state index is 0.00307. The molecule has 0 spiro atoms. The van der Waals surface area contributed by atoms with E-state index in [-0.39, 0.29) is 23.9 Å². The van der Waals surface area contributed by atoms with Crippen LogP contribution in [0.4, 0.5) is 0 Å². The molecular weight excluding hydrogens is 388 g/mol. The quantitative estimate of drug-likeness (QED) is 0.442. The molecule has 1 fully saturated rings. The lowest BCUT2D eigenvalue weighted by atomic mass is 9.95. The predicted octanol–water partition coefficient (Wildman–Crippen LogP) is 2.10. The standard InChI is InChI=1S/C22H22N2O6/c1-23(2)9-10-24-19(13-3-6-15(25)7-4-13)18(21(27)22(24)28)20(26)14-5-8-16-17(11-14)30-12-29-16/h3-8,11,19,25-26H,9-10,12H2,1-2H3/b20-18-. The molecule has 2 heterocycles. The number of Topliss-reactive ketones (excluding diaryl/α,β-unsaturated/α-hetero) is 1. The maximum Gasteiger partial charge on any atom is 0.295 e. The second-order valence-electron chi connectivity index (χ2n) is 7.46. The van der Waals surface area contributed by atoms with Crippen molar-refractivity contribution in [3.05, 3.63) is 59.2 Å². The average Bonchev–Trinajstić information content (AvgIpc) is 3.29. The third-order valence-electron chi connectivity index (χ3n) is 5.18. The SMILES string of the molecule is CN(C)CCN1C(=O)C(=O)/C(=C(\O)c2ccc3c(c2)OCO3)C1c1ccc(O)cc1. The van der Waals surface area contributed by atoms with Crippen LogP contribution >= 0.6 is 0 Å². The van der Waals surface area contributed by atoms with Gasteiger partial charge in [0.2, 0.25) is 6.79 Å². The number of amides is 1. The van der Waals surface area contributed by atoms with Crippen molar-refractivity contribution in [3.8, 4) is 17.2 Å². The van der Waals surface area contributed by atoms with Gasteiger partial charge in [-0.05, 0) is 50.0 Å². The van der Waals surface area contributed by atoms with Gasteiger partial charge in [0.05, 0.1) is 11.6 Å².